The van der Waals surface area contributed by atoms with Gasteiger partial charge in [0.2, 0.25) is 0 Å². The summed E-state index contributed by atoms with van der Waals surface area (Å²) in [6.45, 7) is 2.21. The van der Waals surface area contributed by atoms with E-state index in [1.54, 1.807) is 0 Å². The number of thioether (sulfide) groups is 1. The van der Waals surface area contributed by atoms with Gasteiger partial charge in [0.05, 0.1) is 0 Å². The van der Waals surface area contributed by atoms with Crippen molar-refractivity contribution >= 4 is 17.4 Å². The molecule has 0 aromatic rings. The zero-order valence-electron chi connectivity index (χ0n) is 6.64. The molecule has 60 valence electrons. The van der Waals surface area contributed by atoms with Crippen LogP contribution in [0.3, 0.4) is 0 Å². The van der Waals surface area contributed by atoms with Crippen LogP contribution in [0.2, 0.25) is 0 Å². The van der Waals surface area contributed by atoms with Crippen LogP contribution in [0.25, 0.3) is 0 Å². The Bertz CT molecular complexity index is 73.7. The van der Waals surface area contributed by atoms with Crippen molar-refractivity contribution in [1.29, 1.82) is 0 Å². The van der Waals surface area contributed by atoms with Crippen molar-refractivity contribution in [2.24, 2.45) is 0 Å². The van der Waals surface area contributed by atoms with Crippen molar-refractivity contribution in [3.05, 3.63) is 0 Å². The number of hydrogen-bond donors (Lipinski definition) is 0. The van der Waals surface area contributed by atoms with Gasteiger partial charge in [-0.1, -0.05) is 44.4 Å². The average molecular weight is 160 g/mol. The van der Waals surface area contributed by atoms with Crippen LogP contribution in [0.1, 0.15) is 39.0 Å². The van der Waals surface area contributed by atoms with Gasteiger partial charge in [-0.25, -0.2) is 0 Å². The maximum Gasteiger partial charge on any atom is 0.176 e. The molecule has 0 unspecified atom stereocenters. The third-order valence-corrected chi connectivity index (χ3v) is 2.09. The summed E-state index contributed by atoms with van der Waals surface area (Å²) in [6, 6.07) is 0. The highest BCUT2D eigenvalue weighted by Gasteiger charge is 1.87. The van der Waals surface area contributed by atoms with Gasteiger partial charge < -0.3 is 0 Å². The van der Waals surface area contributed by atoms with Crippen molar-refractivity contribution < 1.29 is 4.79 Å². The topological polar surface area (TPSA) is 17.1 Å². The quantitative estimate of drug-likeness (QED) is 0.421. The van der Waals surface area contributed by atoms with Crippen molar-refractivity contribution in [3.63, 3.8) is 0 Å². The third kappa shape index (κ3) is 8.02. The number of unbranched alkanes of at least 4 members (excludes halogenated alkanes) is 4. The predicted octanol–water partition coefficient (Wildman–Crippen LogP) is 2.88. The predicted molar refractivity (Wildman–Crippen MR) is 48.0 cm³/mol. The first-order chi connectivity index (χ1) is 4.91. The van der Waals surface area contributed by atoms with E-state index in [0.717, 1.165) is 11.4 Å². The maximum atomic E-state index is 9.86. The average Bonchev–Trinajstić information content (AvgIpc) is 1.97. The molecule has 0 heterocycles. The van der Waals surface area contributed by atoms with E-state index in [1.165, 1.54) is 43.9 Å². The van der Waals surface area contributed by atoms with E-state index in [9.17, 15) is 4.79 Å². The molecule has 0 atom stereocenters. The fourth-order valence-corrected chi connectivity index (χ4v) is 1.30. The molecule has 1 nitrogen and oxygen atoms in total. The van der Waals surface area contributed by atoms with Crippen molar-refractivity contribution in [2.75, 3.05) is 5.75 Å². The molecule has 0 spiro atoms. The Morgan fingerprint density at radius 3 is 2.50 bits per heavy atom. The minimum absolute atomic E-state index is 0.930. The largest absolute Gasteiger partial charge is 0.291 e. The lowest BCUT2D eigenvalue weighted by Gasteiger charge is -1.95. The van der Waals surface area contributed by atoms with E-state index < -0.39 is 0 Å². The molecular weight excluding hydrogens is 144 g/mol. The Kier molecular flexibility index (Phi) is 9.04. The van der Waals surface area contributed by atoms with E-state index in [4.69, 9.17) is 0 Å². The lowest BCUT2D eigenvalue weighted by Crippen LogP contribution is -1.80. The summed E-state index contributed by atoms with van der Waals surface area (Å²) in [6.07, 6.45) is 6.45. The Hall–Kier alpha value is 0.0200. The van der Waals surface area contributed by atoms with Gasteiger partial charge in [0.15, 0.2) is 5.62 Å². The summed E-state index contributed by atoms with van der Waals surface area (Å²) < 4.78 is 0. The maximum absolute atomic E-state index is 9.86. The van der Waals surface area contributed by atoms with Gasteiger partial charge in [0, 0.05) is 5.75 Å². The minimum Gasteiger partial charge on any atom is -0.291 e. The Balaban J connectivity index is 2.70. The fraction of sp³-hybridized carbons (Fsp3) is 0.875. The van der Waals surface area contributed by atoms with E-state index in [-0.39, 0.29) is 0 Å². The second-order valence-corrected chi connectivity index (χ2v) is 3.32. The molecule has 0 aromatic carbocycles. The summed E-state index contributed by atoms with van der Waals surface area (Å²) in [4.78, 5) is 9.86. The standard InChI is InChI=1S/C8H16OS/c1-2-3-4-5-6-7-10-8-9/h8H,2-7H2,1H3. The van der Waals surface area contributed by atoms with Crippen LogP contribution in [-0.2, 0) is 4.79 Å². The second kappa shape index (κ2) is 9.02. The number of rotatable bonds is 7. The van der Waals surface area contributed by atoms with Gasteiger partial charge in [-0.3, -0.25) is 4.79 Å². The highest BCUT2D eigenvalue weighted by molar-refractivity contribution is 8.11. The molecule has 0 amide bonds. The van der Waals surface area contributed by atoms with Gasteiger partial charge in [-0.05, 0) is 6.42 Å². The van der Waals surface area contributed by atoms with Crippen LogP contribution in [0.15, 0.2) is 0 Å². The Labute approximate surface area is 67.6 Å². The van der Waals surface area contributed by atoms with E-state index in [0.29, 0.717) is 0 Å². The molecule has 0 radical (unpaired) electrons. The molecule has 0 saturated carbocycles. The SMILES string of the molecule is CCCCCCCSC=O. The first-order valence-electron chi connectivity index (χ1n) is 3.97. The molecule has 2 heteroatoms. The fourth-order valence-electron chi connectivity index (χ4n) is 0.837. The molecule has 10 heavy (non-hydrogen) atoms. The van der Waals surface area contributed by atoms with Crippen LogP contribution < -0.4 is 0 Å². The molecule has 0 rings (SSSR count). The van der Waals surface area contributed by atoms with Gasteiger partial charge in [-0.2, -0.15) is 0 Å². The van der Waals surface area contributed by atoms with Crippen molar-refractivity contribution in [1.82, 2.24) is 0 Å². The zero-order valence-corrected chi connectivity index (χ0v) is 7.45. The summed E-state index contributed by atoms with van der Waals surface area (Å²) in [5.41, 5.74) is 0.930. The molecular formula is C8H16OS. The zero-order chi connectivity index (χ0) is 7.66. The van der Waals surface area contributed by atoms with Gasteiger partial charge in [0.25, 0.3) is 0 Å². The van der Waals surface area contributed by atoms with E-state index >= 15 is 0 Å². The van der Waals surface area contributed by atoms with Crippen molar-refractivity contribution in [3.8, 4) is 0 Å². The molecule has 0 saturated heterocycles. The first-order valence-corrected chi connectivity index (χ1v) is 5.02. The minimum atomic E-state index is 0.930. The first kappa shape index (κ1) is 10.0. The lowest BCUT2D eigenvalue weighted by atomic mass is 10.2. The Morgan fingerprint density at radius 1 is 1.20 bits per heavy atom. The Morgan fingerprint density at radius 2 is 1.90 bits per heavy atom. The molecule has 0 N–H and O–H groups in total. The molecule has 0 aliphatic heterocycles. The molecule has 0 fully saturated rings. The van der Waals surface area contributed by atoms with Gasteiger partial charge >= 0.3 is 0 Å². The number of carbonyl (C=O) groups is 1. The molecule has 0 bridgehead atoms. The van der Waals surface area contributed by atoms with Crippen molar-refractivity contribution in [2.45, 2.75) is 39.0 Å². The molecule has 0 aliphatic rings. The van der Waals surface area contributed by atoms with Crippen LogP contribution in [0.4, 0.5) is 0 Å². The second-order valence-electron chi connectivity index (χ2n) is 2.38. The monoisotopic (exact) mass is 160 g/mol. The number of carbonyl (C=O) groups excluding carboxylic acids is 1. The number of hydrogen-bond acceptors (Lipinski definition) is 2. The summed E-state index contributed by atoms with van der Waals surface area (Å²) in [5.74, 6) is 1.01. The highest BCUT2D eigenvalue weighted by atomic mass is 32.2. The van der Waals surface area contributed by atoms with E-state index in [1.807, 2.05) is 0 Å². The van der Waals surface area contributed by atoms with Crippen LogP contribution in [0.5, 0.6) is 0 Å². The van der Waals surface area contributed by atoms with Crippen LogP contribution in [-0.4, -0.2) is 11.4 Å². The lowest BCUT2D eigenvalue weighted by molar-refractivity contribution is 0.570. The third-order valence-electron chi connectivity index (χ3n) is 1.43. The summed E-state index contributed by atoms with van der Waals surface area (Å²) in [5, 5.41) is 0. The summed E-state index contributed by atoms with van der Waals surface area (Å²) >= 11 is 1.39. The molecule has 0 aliphatic carbocycles. The van der Waals surface area contributed by atoms with Gasteiger partial charge in [0.1, 0.15) is 0 Å². The summed E-state index contributed by atoms with van der Waals surface area (Å²) in [7, 11) is 0. The van der Waals surface area contributed by atoms with Crippen LogP contribution in [0, 0.1) is 0 Å². The molecule has 0 aromatic heterocycles. The smallest absolute Gasteiger partial charge is 0.176 e. The van der Waals surface area contributed by atoms with Gasteiger partial charge in [-0.15, -0.1) is 0 Å². The normalized spacial score (nSPS) is 9.70. The van der Waals surface area contributed by atoms with E-state index in [2.05, 4.69) is 6.92 Å². The highest BCUT2D eigenvalue weighted by Crippen LogP contribution is 2.05. The van der Waals surface area contributed by atoms with Crippen LogP contribution >= 0.6 is 11.8 Å².